The van der Waals surface area contributed by atoms with Gasteiger partial charge in [-0.2, -0.15) is 9.82 Å². The molecule has 0 heterocycles. The van der Waals surface area contributed by atoms with Crippen LogP contribution in [0.1, 0.15) is 31.4 Å². The standard InChI is InChI=1S/C20H24N4O5S/c1-14(2)12-19(23-30(28,29)18-10-4-15(3)5-11-18)20(25)22-21-13-16-6-8-17(9-7-16)24(26)27/h4-11,13-14,19,23H,12H2,1-3H3,(H,22,25)/b21-13-/t19-/m0/s1. The highest BCUT2D eigenvalue weighted by Gasteiger charge is 2.26. The molecule has 0 radical (unpaired) electrons. The number of benzene rings is 2. The highest BCUT2D eigenvalue weighted by molar-refractivity contribution is 7.89. The third-order valence-corrected chi connectivity index (χ3v) is 5.63. The van der Waals surface area contributed by atoms with Crippen molar-refractivity contribution in [3.8, 4) is 0 Å². The summed E-state index contributed by atoms with van der Waals surface area (Å²) in [6.07, 6.45) is 1.60. The quantitative estimate of drug-likeness (QED) is 0.357. The molecular formula is C20H24N4O5S. The van der Waals surface area contributed by atoms with E-state index < -0.39 is 26.9 Å². The molecule has 2 aromatic rings. The van der Waals surface area contributed by atoms with E-state index >= 15 is 0 Å². The Kier molecular flexibility index (Phi) is 7.79. The molecule has 0 unspecified atom stereocenters. The zero-order valence-corrected chi connectivity index (χ0v) is 17.7. The van der Waals surface area contributed by atoms with Crippen molar-refractivity contribution in [2.24, 2.45) is 11.0 Å². The number of aryl methyl sites for hydroxylation is 1. The van der Waals surface area contributed by atoms with Crippen molar-refractivity contribution in [3.05, 3.63) is 69.8 Å². The number of non-ortho nitro benzene ring substituents is 1. The first kappa shape index (κ1) is 23.2. The number of sulfonamides is 1. The Morgan fingerprint density at radius 1 is 1.13 bits per heavy atom. The maximum Gasteiger partial charge on any atom is 0.269 e. The number of nitro benzene ring substituents is 1. The van der Waals surface area contributed by atoms with Gasteiger partial charge in [-0.1, -0.05) is 31.5 Å². The van der Waals surface area contributed by atoms with Crippen LogP contribution >= 0.6 is 0 Å². The van der Waals surface area contributed by atoms with Crippen molar-refractivity contribution in [1.82, 2.24) is 10.1 Å². The molecule has 2 N–H and O–H groups in total. The monoisotopic (exact) mass is 432 g/mol. The molecule has 0 aliphatic heterocycles. The summed E-state index contributed by atoms with van der Waals surface area (Å²) in [5, 5.41) is 14.5. The van der Waals surface area contributed by atoms with Crippen LogP contribution in [-0.4, -0.2) is 31.5 Å². The van der Waals surface area contributed by atoms with E-state index in [0.29, 0.717) is 5.56 Å². The second-order valence-electron chi connectivity index (χ2n) is 7.20. The number of amides is 1. The first-order valence-electron chi connectivity index (χ1n) is 9.25. The second kappa shape index (κ2) is 10.1. The summed E-state index contributed by atoms with van der Waals surface area (Å²) in [5.41, 5.74) is 3.74. The maximum atomic E-state index is 12.6. The lowest BCUT2D eigenvalue weighted by molar-refractivity contribution is -0.384. The van der Waals surface area contributed by atoms with Crippen LogP contribution in [0, 0.1) is 23.0 Å². The van der Waals surface area contributed by atoms with Crippen molar-refractivity contribution in [2.45, 2.75) is 38.1 Å². The molecule has 1 amide bonds. The lowest BCUT2D eigenvalue weighted by Gasteiger charge is -2.19. The van der Waals surface area contributed by atoms with Crippen LogP contribution < -0.4 is 10.1 Å². The third-order valence-electron chi connectivity index (χ3n) is 4.14. The van der Waals surface area contributed by atoms with Gasteiger partial charge in [0, 0.05) is 12.1 Å². The van der Waals surface area contributed by atoms with Gasteiger partial charge < -0.3 is 0 Å². The number of nitrogens with zero attached hydrogens (tertiary/aromatic N) is 2. The van der Waals surface area contributed by atoms with E-state index in [1.165, 1.54) is 42.6 Å². The molecule has 9 nitrogen and oxygen atoms in total. The number of carbonyl (C=O) groups is 1. The molecule has 1 atom stereocenters. The van der Waals surface area contributed by atoms with Crippen LogP contribution in [0.25, 0.3) is 0 Å². The van der Waals surface area contributed by atoms with E-state index in [0.717, 1.165) is 5.56 Å². The molecule has 0 saturated carbocycles. The second-order valence-corrected chi connectivity index (χ2v) is 8.91. The summed E-state index contributed by atoms with van der Waals surface area (Å²) in [5.74, 6) is -0.544. The molecule has 30 heavy (non-hydrogen) atoms. The predicted molar refractivity (Wildman–Crippen MR) is 114 cm³/mol. The number of hydrogen-bond donors (Lipinski definition) is 2. The van der Waals surface area contributed by atoms with Gasteiger partial charge in [0.05, 0.1) is 16.0 Å². The third kappa shape index (κ3) is 6.75. The average molecular weight is 433 g/mol. The van der Waals surface area contributed by atoms with Gasteiger partial charge >= 0.3 is 0 Å². The number of hydrogen-bond acceptors (Lipinski definition) is 6. The van der Waals surface area contributed by atoms with Crippen LogP contribution in [0.15, 0.2) is 58.5 Å². The van der Waals surface area contributed by atoms with E-state index in [9.17, 15) is 23.3 Å². The summed E-state index contributed by atoms with van der Waals surface area (Å²) in [6.45, 7) is 5.60. The lowest BCUT2D eigenvalue weighted by atomic mass is 10.0. The molecule has 10 heteroatoms. The van der Waals surface area contributed by atoms with Crippen molar-refractivity contribution in [2.75, 3.05) is 0 Å². The summed E-state index contributed by atoms with van der Waals surface area (Å²) in [4.78, 5) is 22.8. The Morgan fingerprint density at radius 2 is 1.73 bits per heavy atom. The summed E-state index contributed by atoms with van der Waals surface area (Å²) in [6, 6.07) is 10.9. The van der Waals surface area contributed by atoms with Gasteiger partial charge in [-0.05, 0) is 49.1 Å². The van der Waals surface area contributed by atoms with E-state index in [1.807, 2.05) is 20.8 Å². The minimum absolute atomic E-state index is 0.0557. The first-order chi connectivity index (χ1) is 14.1. The number of nitro groups is 1. The van der Waals surface area contributed by atoms with Crippen molar-refractivity contribution >= 4 is 27.8 Å². The van der Waals surface area contributed by atoms with Gasteiger partial charge in [-0.15, -0.1) is 0 Å². The van der Waals surface area contributed by atoms with Gasteiger partial charge in [0.1, 0.15) is 6.04 Å². The van der Waals surface area contributed by atoms with Gasteiger partial charge in [0.2, 0.25) is 10.0 Å². The largest absolute Gasteiger partial charge is 0.271 e. The molecule has 0 spiro atoms. The van der Waals surface area contributed by atoms with E-state index in [4.69, 9.17) is 0 Å². The summed E-state index contributed by atoms with van der Waals surface area (Å²) in [7, 11) is -3.88. The average Bonchev–Trinajstić information content (AvgIpc) is 2.67. The van der Waals surface area contributed by atoms with Crippen LogP contribution in [0.5, 0.6) is 0 Å². The Bertz CT molecular complexity index is 1020. The van der Waals surface area contributed by atoms with Crippen molar-refractivity contribution < 1.29 is 18.1 Å². The van der Waals surface area contributed by atoms with Crippen molar-refractivity contribution in [3.63, 3.8) is 0 Å². The highest BCUT2D eigenvalue weighted by atomic mass is 32.2. The van der Waals surface area contributed by atoms with E-state index in [1.54, 1.807) is 12.1 Å². The van der Waals surface area contributed by atoms with E-state index in [2.05, 4.69) is 15.2 Å². The first-order valence-corrected chi connectivity index (χ1v) is 10.7. The molecule has 2 aromatic carbocycles. The fourth-order valence-corrected chi connectivity index (χ4v) is 3.79. The molecular weight excluding hydrogens is 408 g/mol. The molecule has 0 aromatic heterocycles. The Labute approximate surface area is 175 Å². The lowest BCUT2D eigenvalue weighted by Crippen LogP contribution is -2.46. The van der Waals surface area contributed by atoms with Gasteiger partial charge in [0.15, 0.2) is 0 Å². The van der Waals surface area contributed by atoms with Crippen LogP contribution in [0.2, 0.25) is 0 Å². The topological polar surface area (TPSA) is 131 Å². The van der Waals surface area contributed by atoms with Crippen LogP contribution in [0.3, 0.4) is 0 Å². The van der Waals surface area contributed by atoms with Crippen molar-refractivity contribution in [1.29, 1.82) is 0 Å². The Balaban J connectivity index is 2.09. The molecule has 160 valence electrons. The maximum absolute atomic E-state index is 12.6. The molecule has 2 rings (SSSR count). The predicted octanol–water partition coefficient (Wildman–Crippen LogP) is 2.75. The van der Waals surface area contributed by atoms with Gasteiger partial charge in [-0.3, -0.25) is 14.9 Å². The van der Waals surface area contributed by atoms with Crippen LogP contribution in [-0.2, 0) is 14.8 Å². The summed E-state index contributed by atoms with van der Waals surface area (Å²) >= 11 is 0. The molecule has 0 aliphatic rings. The van der Waals surface area contributed by atoms with Gasteiger partial charge in [-0.25, -0.2) is 13.8 Å². The van der Waals surface area contributed by atoms with Gasteiger partial charge in [0.25, 0.3) is 11.6 Å². The Hall–Kier alpha value is -3.11. The number of rotatable bonds is 9. The molecule has 0 saturated heterocycles. The highest BCUT2D eigenvalue weighted by Crippen LogP contribution is 2.14. The minimum Gasteiger partial charge on any atom is -0.271 e. The number of nitrogens with one attached hydrogen (secondary N) is 2. The fraction of sp³-hybridized carbons (Fsp3) is 0.300. The minimum atomic E-state index is -3.88. The normalized spacial score (nSPS) is 12.8. The number of carbonyl (C=O) groups excluding carboxylic acids is 1. The zero-order valence-electron chi connectivity index (χ0n) is 16.9. The fourth-order valence-electron chi connectivity index (χ4n) is 2.58. The van der Waals surface area contributed by atoms with Crippen LogP contribution in [0.4, 0.5) is 5.69 Å². The summed E-state index contributed by atoms with van der Waals surface area (Å²) < 4.78 is 27.7. The SMILES string of the molecule is Cc1ccc(S(=O)(=O)N[C@@H](CC(C)C)C(=O)N/N=C\c2ccc([N+](=O)[O-])cc2)cc1. The zero-order chi connectivity index (χ0) is 22.3. The molecule has 0 bridgehead atoms. The number of hydrazone groups is 1. The Morgan fingerprint density at radius 3 is 2.27 bits per heavy atom. The molecule has 0 aliphatic carbocycles. The van der Waals surface area contributed by atoms with E-state index in [-0.39, 0.29) is 22.9 Å². The smallest absolute Gasteiger partial charge is 0.269 e. The molecule has 0 fully saturated rings.